The molecule has 1 heterocycles. The molecule has 0 saturated heterocycles. The number of aryl methyl sites for hydroxylation is 1. The highest BCUT2D eigenvalue weighted by molar-refractivity contribution is 7.99. The fraction of sp³-hybridized carbons (Fsp3) is 0.727. The highest BCUT2D eigenvalue weighted by atomic mass is 32.2. The Morgan fingerprint density at radius 2 is 2.22 bits per heavy atom. The normalized spacial score (nSPS) is 12.6. The molecule has 0 saturated carbocycles. The van der Waals surface area contributed by atoms with Crippen LogP contribution in [-0.4, -0.2) is 43.6 Å². The van der Waals surface area contributed by atoms with Gasteiger partial charge in [-0.2, -0.15) is 11.8 Å². The second-order valence-electron chi connectivity index (χ2n) is 3.94. The molecule has 0 aliphatic heterocycles. The van der Waals surface area contributed by atoms with Gasteiger partial charge in [-0.25, -0.2) is 0 Å². The van der Waals surface area contributed by atoms with Crippen molar-refractivity contribution in [1.29, 1.82) is 0 Å². The van der Waals surface area contributed by atoms with Gasteiger partial charge in [0.2, 0.25) is 0 Å². The van der Waals surface area contributed by atoms with E-state index < -0.39 is 5.97 Å². The number of carboxylic acids is 1. The summed E-state index contributed by atoms with van der Waals surface area (Å²) >= 11 is 3.05. The highest BCUT2D eigenvalue weighted by Gasteiger charge is 2.17. The van der Waals surface area contributed by atoms with Crippen molar-refractivity contribution >= 4 is 29.5 Å². The molecule has 0 fully saturated rings. The fourth-order valence-electron chi connectivity index (χ4n) is 1.63. The lowest BCUT2D eigenvalue weighted by atomic mass is 10.2. The lowest BCUT2D eigenvalue weighted by Gasteiger charge is -2.16. The Morgan fingerprint density at radius 1 is 1.50 bits per heavy atom. The van der Waals surface area contributed by atoms with Crippen LogP contribution in [0, 0.1) is 0 Å². The van der Waals surface area contributed by atoms with Gasteiger partial charge in [-0.05, 0) is 25.4 Å². The molecule has 1 aromatic rings. The molecule has 5 nitrogen and oxygen atoms in total. The zero-order valence-electron chi connectivity index (χ0n) is 10.9. The summed E-state index contributed by atoms with van der Waals surface area (Å²) in [6.07, 6.45) is 3.93. The van der Waals surface area contributed by atoms with E-state index >= 15 is 0 Å². The van der Waals surface area contributed by atoms with Crippen molar-refractivity contribution < 1.29 is 9.90 Å². The smallest absolute Gasteiger partial charge is 0.313 e. The molecule has 0 bridgehead atoms. The van der Waals surface area contributed by atoms with Gasteiger partial charge in [0.1, 0.15) is 5.82 Å². The minimum Gasteiger partial charge on any atom is -0.481 e. The SMILES string of the molecule is CCc1nnc(SCC(=O)O)n1C(C)CCSC. The van der Waals surface area contributed by atoms with Crippen LogP contribution >= 0.6 is 23.5 Å². The van der Waals surface area contributed by atoms with E-state index in [9.17, 15) is 4.79 Å². The summed E-state index contributed by atoms with van der Waals surface area (Å²) in [5.41, 5.74) is 0. The number of hydrogen-bond donors (Lipinski definition) is 1. The molecule has 1 rings (SSSR count). The number of aromatic nitrogens is 3. The Hall–Kier alpha value is -0.690. The molecule has 102 valence electrons. The number of nitrogens with zero attached hydrogens (tertiary/aromatic N) is 3. The van der Waals surface area contributed by atoms with E-state index in [1.807, 2.05) is 18.7 Å². The molecule has 0 aliphatic rings. The molecular formula is C11H19N3O2S2. The van der Waals surface area contributed by atoms with Gasteiger partial charge in [0.25, 0.3) is 0 Å². The van der Waals surface area contributed by atoms with Crippen molar-refractivity contribution in [2.24, 2.45) is 0 Å². The topological polar surface area (TPSA) is 68.0 Å². The largest absolute Gasteiger partial charge is 0.481 e. The van der Waals surface area contributed by atoms with E-state index in [4.69, 9.17) is 5.11 Å². The van der Waals surface area contributed by atoms with Gasteiger partial charge >= 0.3 is 5.97 Å². The van der Waals surface area contributed by atoms with Gasteiger partial charge in [-0.1, -0.05) is 18.7 Å². The summed E-state index contributed by atoms with van der Waals surface area (Å²) in [5.74, 6) is 1.20. The number of thioether (sulfide) groups is 2. The minimum atomic E-state index is -0.829. The average Bonchev–Trinajstić information content (AvgIpc) is 2.76. The molecule has 1 atom stereocenters. The summed E-state index contributed by atoms with van der Waals surface area (Å²) < 4.78 is 2.07. The number of rotatable bonds is 8. The molecule has 0 amide bonds. The van der Waals surface area contributed by atoms with Crippen LogP contribution in [0.4, 0.5) is 0 Å². The van der Waals surface area contributed by atoms with Gasteiger partial charge < -0.3 is 9.67 Å². The van der Waals surface area contributed by atoms with Gasteiger partial charge in [0, 0.05) is 12.5 Å². The highest BCUT2D eigenvalue weighted by Crippen LogP contribution is 2.24. The molecule has 1 aromatic heterocycles. The third-order valence-corrected chi connectivity index (χ3v) is 4.13. The van der Waals surface area contributed by atoms with Crippen LogP contribution in [0.15, 0.2) is 5.16 Å². The molecule has 0 radical (unpaired) electrons. The van der Waals surface area contributed by atoms with Crippen LogP contribution in [0.25, 0.3) is 0 Å². The Morgan fingerprint density at radius 3 is 2.78 bits per heavy atom. The van der Waals surface area contributed by atoms with E-state index in [0.29, 0.717) is 11.2 Å². The quantitative estimate of drug-likeness (QED) is 0.741. The van der Waals surface area contributed by atoms with Crippen LogP contribution in [-0.2, 0) is 11.2 Å². The Bertz CT molecular complexity index is 396. The van der Waals surface area contributed by atoms with Crippen molar-refractivity contribution in [2.45, 2.75) is 37.9 Å². The standard InChI is InChI=1S/C11H19N3O2S2/c1-4-9-12-13-11(18-7-10(15)16)14(9)8(2)5-6-17-3/h8H,4-7H2,1-3H3,(H,15,16). The number of aliphatic carboxylic acids is 1. The third-order valence-electron chi connectivity index (χ3n) is 2.56. The van der Waals surface area contributed by atoms with E-state index in [2.05, 4.69) is 27.9 Å². The first-order valence-corrected chi connectivity index (χ1v) is 8.25. The zero-order chi connectivity index (χ0) is 13.5. The second kappa shape index (κ2) is 7.68. The van der Waals surface area contributed by atoms with Crippen molar-refractivity contribution in [3.05, 3.63) is 5.82 Å². The summed E-state index contributed by atoms with van der Waals surface area (Å²) in [6.45, 7) is 4.16. The molecular weight excluding hydrogens is 270 g/mol. The minimum absolute atomic E-state index is 0.0249. The fourth-order valence-corrected chi connectivity index (χ4v) is 2.99. The van der Waals surface area contributed by atoms with E-state index in [1.165, 1.54) is 11.8 Å². The van der Waals surface area contributed by atoms with Gasteiger partial charge in [0.15, 0.2) is 5.16 Å². The summed E-state index contributed by atoms with van der Waals surface area (Å²) in [4.78, 5) is 10.6. The lowest BCUT2D eigenvalue weighted by molar-refractivity contribution is -0.133. The number of carbonyl (C=O) groups is 1. The number of hydrogen-bond acceptors (Lipinski definition) is 5. The molecule has 18 heavy (non-hydrogen) atoms. The van der Waals surface area contributed by atoms with Gasteiger partial charge in [-0.15, -0.1) is 10.2 Å². The van der Waals surface area contributed by atoms with Crippen molar-refractivity contribution in [1.82, 2.24) is 14.8 Å². The first kappa shape index (κ1) is 15.4. The lowest BCUT2D eigenvalue weighted by Crippen LogP contribution is -2.12. The van der Waals surface area contributed by atoms with Gasteiger partial charge in [0.05, 0.1) is 5.75 Å². The van der Waals surface area contributed by atoms with Crippen LogP contribution in [0.5, 0.6) is 0 Å². The molecule has 0 aliphatic carbocycles. The Kier molecular flexibility index (Phi) is 6.56. The Balaban J connectivity index is 2.83. The predicted molar refractivity (Wildman–Crippen MR) is 75.5 cm³/mol. The number of carboxylic acid groups (broad SMARTS) is 1. The molecule has 1 unspecified atom stereocenters. The van der Waals surface area contributed by atoms with Crippen molar-refractivity contribution in [3.63, 3.8) is 0 Å². The second-order valence-corrected chi connectivity index (χ2v) is 5.86. The molecule has 7 heteroatoms. The van der Waals surface area contributed by atoms with Crippen molar-refractivity contribution in [2.75, 3.05) is 17.8 Å². The monoisotopic (exact) mass is 289 g/mol. The van der Waals surface area contributed by atoms with Crippen LogP contribution in [0.1, 0.15) is 32.1 Å². The maximum Gasteiger partial charge on any atom is 0.313 e. The molecule has 0 spiro atoms. The van der Waals surface area contributed by atoms with E-state index in [-0.39, 0.29) is 5.75 Å². The van der Waals surface area contributed by atoms with Crippen LogP contribution in [0.3, 0.4) is 0 Å². The first-order chi connectivity index (χ1) is 8.60. The summed E-state index contributed by atoms with van der Waals surface area (Å²) in [7, 11) is 0. The van der Waals surface area contributed by atoms with Gasteiger partial charge in [-0.3, -0.25) is 4.79 Å². The first-order valence-electron chi connectivity index (χ1n) is 5.87. The van der Waals surface area contributed by atoms with E-state index in [0.717, 1.165) is 24.4 Å². The zero-order valence-corrected chi connectivity index (χ0v) is 12.6. The molecule has 1 N–H and O–H groups in total. The molecule has 0 aromatic carbocycles. The summed E-state index contributed by atoms with van der Waals surface area (Å²) in [5, 5.41) is 17.7. The van der Waals surface area contributed by atoms with E-state index in [1.54, 1.807) is 0 Å². The average molecular weight is 289 g/mol. The van der Waals surface area contributed by atoms with Crippen molar-refractivity contribution in [3.8, 4) is 0 Å². The summed E-state index contributed by atoms with van der Waals surface area (Å²) in [6, 6.07) is 0.304. The van der Waals surface area contributed by atoms with Crippen LogP contribution in [0.2, 0.25) is 0 Å². The third kappa shape index (κ3) is 4.20. The maximum atomic E-state index is 10.6. The van der Waals surface area contributed by atoms with Crippen LogP contribution < -0.4 is 0 Å². The Labute approximate surface area is 116 Å². The predicted octanol–water partition coefficient (Wildman–Crippen LogP) is 2.33. The maximum absolute atomic E-state index is 10.6.